The van der Waals surface area contributed by atoms with Crippen LogP contribution in [0.2, 0.25) is 0 Å². The van der Waals surface area contributed by atoms with E-state index in [2.05, 4.69) is 10.6 Å². The zero-order valence-electron chi connectivity index (χ0n) is 17.7. The predicted octanol–water partition coefficient (Wildman–Crippen LogP) is 2.10. The van der Waals surface area contributed by atoms with Crippen molar-refractivity contribution in [2.45, 2.75) is 12.5 Å². The molecule has 0 saturated heterocycles. The molecule has 2 amide bonds. The molecule has 5 N–H and O–H groups in total. The van der Waals surface area contributed by atoms with Gasteiger partial charge in [0.2, 0.25) is 5.91 Å². The summed E-state index contributed by atoms with van der Waals surface area (Å²) in [5, 5.41) is 14.2. The molecule has 10 heteroatoms. The summed E-state index contributed by atoms with van der Waals surface area (Å²) in [5.41, 5.74) is 7.90. The quantitative estimate of drug-likeness (QED) is 0.363. The highest BCUT2D eigenvalue weighted by Gasteiger charge is 2.15. The van der Waals surface area contributed by atoms with Crippen molar-refractivity contribution < 1.29 is 33.7 Å². The summed E-state index contributed by atoms with van der Waals surface area (Å²) >= 11 is 0. The first-order valence-corrected chi connectivity index (χ1v) is 9.88. The lowest BCUT2D eigenvalue weighted by atomic mass is 10.1. The molecule has 0 bridgehead atoms. The number of carboxylic acids is 1. The van der Waals surface area contributed by atoms with Crippen LogP contribution in [0.3, 0.4) is 0 Å². The third kappa shape index (κ3) is 8.72. The minimum Gasteiger partial charge on any atom is -0.478 e. The summed E-state index contributed by atoms with van der Waals surface area (Å²) in [4.78, 5) is 34.9. The number of hydrogen-bond donors (Lipinski definition) is 4. The average molecular weight is 445 g/mol. The van der Waals surface area contributed by atoms with Crippen LogP contribution in [-0.4, -0.2) is 62.7 Å². The summed E-state index contributed by atoms with van der Waals surface area (Å²) < 4.78 is 15.0. The van der Waals surface area contributed by atoms with Crippen LogP contribution < -0.4 is 16.4 Å². The van der Waals surface area contributed by atoms with E-state index in [9.17, 15) is 14.4 Å². The van der Waals surface area contributed by atoms with Crippen LogP contribution in [0.25, 0.3) is 0 Å². The molecule has 172 valence electrons. The van der Waals surface area contributed by atoms with Crippen LogP contribution in [0.4, 0.5) is 16.2 Å². The third-order valence-corrected chi connectivity index (χ3v) is 4.28. The van der Waals surface area contributed by atoms with Gasteiger partial charge in [0.1, 0.15) is 6.61 Å². The fourth-order valence-corrected chi connectivity index (χ4v) is 2.59. The second-order valence-electron chi connectivity index (χ2n) is 6.75. The SMILES string of the molecule is COCCOCCOC(=O)Nc1ccc(C[C@H](N)C(=O)Nc2ccc(C(=O)O)cc2)cc1. The maximum atomic E-state index is 12.3. The van der Waals surface area contributed by atoms with Crippen molar-refractivity contribution >= 4 is 29.3 Å². The molecule has 1 atom stereocenters. The number of hydrogen-bond acceptors (Lipinski definition) is 7. The van der Waals surface area contributed by atoms with Crippen LogP contribution >= 0.6 is 0 Å². The molecule has 32 heavy (non-hydrogen) atoms. The Hall–Kier alpha value is -3.47. The third-order valence-electron chi connectivity index (χ3n) is 4.28. The molecule has 2 aromatic carbocycles. The highest BCUT2D eigenvalue weighted by Crippen LogP contribution is 2.13. The van der Waals surface area contributed by atoms with E-state index in [1.807, 2.05) is 0 Å². The largest absolute Gasteiger partial charge is 0.478 e. The van der Waals surface area contributed by atoms with Gasteiger partial charge in [-0.1, -0.05) is 12.1 Å². The van der Waals surface area contributed by atoms with E-state index in [4.69, 9.17) is 25.1 Å². The van der Waals surface area contributed by atoms with Gasteiger partial charge in [0.05, 0.1) is 31.4 Å². The molecule has 0 aliphatic rings. The van der Waals surface area contributed by atoms with Crippen LogP contribution in [0, 0.1) is 0 Å². The molecule has 0 spiro atoms. The zero-order chi connectivity index (χ0) is 23.3. The Morgan fingerprint density at radius 3 is 2.12 bits per heavy atom. The number of rotatable bonds is 12. The molecule has 2 rings (SSSR count). The van der Waals surface area contributed by atoms with Gasteiger partial charge < -0.3 is 30.4 Å². The van der Waals surface area contributed by atoms with Gasteiger partial charge in [-0.05, 0) is 48.4 Å². The normalized spacial score (nSPS) is 11.4. The molecular weight excluding hydrogens is 418 g/mol. The van der Waals surface area contributed by atoms with Crippen molar-refractivity contribution in [3.8, 4) is 0 Å². The minimum atomic E-state index is -1.04. The maximum Gasteiger partial charge on any atom is 0.411 e. The first-order valence-electron chi connectivity index (χ1n) is 9.88. The zero-order valence-corrected chi connectivity index (χ0v) is 17.7. The van der Waals surface area contributed by atoms with E-state index in [1.54, 1.807) is 31.4 Å². The van der Waals surface area contributed by atoms with Crippen molar-refractivity contribution in [2.24, 2.45) is 5.73 Å². The summed E-state index contributed by atoms with van der Waals surface area (Å²) in [6, 6.07) is 11.8. The average Bonchev–Trinajstić information content (AvgIpc) is 2.77. The Morgan fingerprint density at radius 2 is 1.50 bits per heavy atom. The van der Waals surface area contributed by atoms with E-state index in [0.717, 1.165) is 5.56 Å². The molecule has 0 saturated carbocycles. The monoisotopic (exact) mass is 445 g/mol. The van der Waals surface area contributed by atoms with Crippen molar-refractivity contribution in [3.05, 3.63) is 59.7 Å². The van der Waals surface area contributed by atoms with Crippen molar-refractivity contribution in [3.63, 3.8) is 0 Å². The molecule has 0 radical (unpaired) electrons. The Morgan fingerprint density at radius 1 is 0.906 bits per heavy atom. The summed E-state index contributed by atoms with van der Waals surface area (Å²) in [6.45, 7) is 1.31. The summed E-state index contributed by atoms with van der Waals surface area (Å²) in [5.74, 6) is -1.44. The second-order valence-corrected chi connectivity index (χ2v) is 6.75. The number of benzene rings is 2. The number of nitrogens with one attached hydrogen (secondary N) is 2. The Bertz CT molecular complexity index is 885. The molecule has 0 aromatic heterocycles. The summed E-state index contributed by atoms with van der Waals surface area (Å²) in [7, 11) is 1.57. The van der Waals surface area contributed by atoms with Gasteiger partial charge >= 0.3 is 12.1 Å². The van der Waals surface area contributed by atoms with Gasteiger partial charge in [-0.3, -0.25) is 10.1 Å². The molecule has 0 heterocycles. The second kappa shape index (κ2) is 13.1. The fourth-order valence-electron chi connectivity index (χ4n) is 2.59. The first kappa shape index (κ1) is 24.8. The Balaban J connectivity index is 1.75. The first-order chi connectivity index (χ1) is 15.4. The van der Waals surface area contributed by atoms with Gasteiger partial charge in [-0.2, -0.15) is 0 Å². The van der Waals surface area contributed by atoms with Gasteiger partial charge in [-0.15, -0.1) is 0 Å². The Labute approximate surface area is 185 Å². The van der Waals surface area contributed by atoms with E-state index < -0.39 is 24.0 Å². The number of carbonyl (C=O) groups is 3. The molecule has 0 aliphatic carbocycles. The topological polar surface area (TPSA) is 149 Å². The lowest BCUT2D eigenvalue weighted by Crippen LogP contribution is -2.37. The Kier molecular flexibility index (Phi) is 10.1. The lowest BCUT2D eigenvalue weighted by Gasteiger charge is -2.13. The number of anilines is 2. The van der Waals surface area contributed by atoms with Gasteiger partial charge in [0.25, 0.3) is 0 Å². The van der Waals surface area contributed by atoms with Gasteiger partial charge in [0.15, 0.2) is 0 Å². The molecule has 2 aromatic rings. The number of nitrogens with two attached hydrogens (primary N) is 1. The van der Waals surface area contributed by atoms with Crippen LogP contribution in [0.1, 0.15) is 15.9 Å². The van der Waals surface area contributed by atoms with Crippen LogP contribution in [-0.2, 0) is 25.4 Å². The molecular formula is C22H27N3O7. The van der Waals surface area contributed by atoms with Crippen LogP contribution in [0.15, 0.2) is 48.5 Å². The molecule has 10 nitrogen and oxygen atoms in total. The standard InChI is InChI=1S/C22H27N3O7/c1-30-10-11-31-12-13-32-22(29)25-18-6-2-15(3-7-18)14-19(23)20(26)24-17-8-4-16(5-9-17)21(27)28/h2-9,19H,10-14,23H2,1H3,(H,24,26)(H,25,29)(H,27,28)/t19-/m0/s1. The summed E-state index contributed by atoms with van der Waals surface area (Å²) in [6.07, 6.45) is -0.319. The highest BCUT2D eigenvalue weighted by molar-refractivity contribution is 5.95. The van der Waals surface area contributed by atoms with Crippen LogP contribution in [0.5, 0.6) is 0 Å². The highest BCUT2D eigenvalue weighted by atomic mass is 16.6. The van der Waals surface area contributed by atoms with E-state index >= 15 is 0 Å². The van der Waals surface area contributed by atoms with Crippen molar-refractivity contribution in [2.75, 3.05) is 44.2 Å². The molecule has 0 aliphatic heterocycles. The number of carboxylic acid groups (broad SMARTS) is 1. The van der Waals surface area contributed by atoms with E-state index in [0.29, 0.717) is 24.6 Å². The number of methoxy groups -OCH3 is 1. The van der Waals surface area contributed by atoms with Crippen molar-refractivity contribution in [1.29, 1.82) is 0 Å². The van der Waals surface area contributed by atoms with Crippen molar-refractivity contribution in [1.82, 2.24) is 0 Å². The van der Waals surface area contributed by atoms with Gasteiger partial charge in [-0.25, -0.2) is 9.59 Å². The number of amides is 2. The number of ether oxygens (including phenoxy) is 3. The lowest BCUT2D eigenvalue weighted by molar-refractivity contribution is -0.117. The molecule has 0 unspecified atom stereocenters. The maximum absolute atomic E-state index is 12.3. The van der Waals surface area contributed by atoms with Gasteiger partial charge in [0, 0.05) is 18.5 Å². The number of carbonyl (C=O) groups excluding carboxylic acids is 2. The predicted molar refractivity (Wildman–Crippen MR) is 118 cm³/mol. The van der Waals surface area contributed by atoms with E-state index in [1.165, 1.54) is 24.3 Å². The van der Waals surface area contributed by atoms with E-state index in [-0.39, 0.29) is 25.2 Å². The smallest absolute Gasteiger partial charge is 0.411 e. The molecule has 0 fully saturated rings. The fraction of sp³-hybridized carbons (Fsp3) is 0.318. The number of aromatic carboxylic acids is 1. The minimum absolute atomic E-state index is 0.122.